The Morgan fingerprint density at radius 3 is 2.12 bits per heavy atom. The van der Waals surface area contributed by atoms with Crippen molar-refractivity contribution in [1.29, 1.82) is 0 Å². The molecule has 0 amide bonds. The highest BCUT2D eigenvalue weighted by molar-refractivity contribution is 7.45. The third-order valence-corrected chi connectivity index (χ3v) is 3.32. The molecule has 0 aliphatic carbocycles. The average molecular weight is 383 g/mol. The first-order valence-corrected chi connectivity index (χ1v) is 9.47. The van der Waals surface area contributed by atoms with Gasteiger partial charge in [-0.15, -0.1) is 0 Å². The van der Waals surface area contributed by atoms with Gasteiger partial charge in [0.15, 0.2) is 0 Å². The van der Waals surface area contributed by atoms with Crippen LogP contribution < -0.4 is 9.64 Å². The van der Waals surface area contributed by atoms with Crippen LogP contribution in [0.15, 0.2) is 48.7 Å². The Bertz CT molecular complexity index is 668. The van der Waals surface area contributed by atoms with E-state index < -0.39 is 7.82 Å². The third kappa shape index (κ3) is 10.1. The number of ether oxygens (including phenoxy) is 1. The molecule has 0 unspecified atom stereocenters. The lowest BCUT2D eigenvalue weighted by Crippen LogP contribution is -2.31. The van der Waals surface area contributed by atoms with Gasteiger partial charge in [-0.1, -0.05) is 18.2 Å². The number of hydrogen-bond acceptors (Lipinski definition) is 5. The van der Waals surface area contributed by atoms with E-state index in [4.69, 9.17) is 24.0 Å². The molecule has 0 aliphatic heterocycles. The predicted octanol–water partition coefficient (Wildman–Crippen LogP) is 1.73. The van der Waals surface area contributed by atoms with E-state index in [0.717, 1.165) is 31.2 Å². The summed E-state index contributed by atoms with van der Waals surface area (Å²) in [6.45, 7) is 2.78. The normalized spacial score (nSPS) is 10.9. The molecule has 1 aromatic heterocycles. The number of hydrogen-bond donors (Lipinski definition) is 3. The zero-order chi connectivity index (χ0) is 19.6. The standard InChI is InChI=1S/C17H23N3O.H3O4P/c1-19(2)12-13-20(17-6-4-5-11-18-17)14-15-7-9-16(21-3)10-8-15;1-5(2,3)4/h4-11H,12-14H2,1-3H3;(H3,1,2,3,4). The van der Waals surface area contributed by atoms with Crippen LogP contribution in [0.25, 0.3) is 0 Å². The summed E-state index contributed by atoms with van der Waals surface area (Å²) in [5.41, 5.74) is 1.25. The highest BCUT2D eigenvalue weighted by Gasteiger charge is 2.09. The maximum atomic E-state index is 8.88. The molecule has 0 spiro atoms. The van der Waals surface area contributed by atoms with Crippen molar-refractivity contribution in [3.05, 3.63) is 54.2 Å². The number of methoxy groups -OCH3 is 1. The minimum absolute atomic E-state index is 0.842. The van der Waals surface area contributed by atoms with E-state index in [1.807, 2.05) is 30.5 Å². The van der Waals surface area contributed by atoms with E-state index in [-0.39, 0.29) is 0 Å². The van der Waals surface area contributed by atoms with Crippen LogP contribution in [0, 0.1) is 0 Å². The molecular weight excluding hydrogens is 357 g/mol. The molecule has 2 aromatic rings. The van der Waals surface area contributed by atoms with Crippen molar-refractivity contribution in [2.75, 3.05) is 39.2 Å². The number of benzene rings is 1. The molecule has 8 nitrogen and oxygen atoms in total. The molecule has 0 fully saturated rings. The number of aromatic nitrogens is 1. The minimum Gasteiger partial charge on any atom is -0.497 e. The molecule has 144 valence electrons. The molecular formula is C17H26N3O5P. The molecule has 0 bridgehead atoms. The van der Waals surface area contributed by atoms with E-state index in [1.165, 1.54) is 5.56 Å². The van der Waals surface area contributed by atoms with Crippen molar-refractivity contribution in [2.24, 2.45) is 0 Å². The Balaban J connectivity index is 0.000000597. The molecule has 0 saturated carbocycles. The van der Waals surface area contributed by atoms with Crippen LogP contribution >= 0.6 is 7.82 Å². The molecule has 0 saturated heterocycles. The molecule has 26 heavy (non-hydrogen) atoms. The second-order valence-electron chi connectivity index (χ2n) is 5.77. The molecule has 1 heterocycles. The van der Waals surface area contributed by atoms with Gasteiger partial charge in [0, 0.05) is 25.8 Å². The van der Waals surface area contributed by atoms with Crippen molar-refractivity contribution >= 4 is 13.6 Å². The number of pyridine rings is 1. The first-order valence-electron chi connectivity index (χ1n) is 7.91. The van der Waals surface area contributed by atoms with E-state index >= 15 is 0 Å². The van der Waals surface area contributed by atoms with Crippen molar-refractivity contribution in [2.45, 2.75) is 6.54 Å². The Hall–Kier alpha value is -1.96. The third-order valence-electron chi connectivity index (χ3n) is 3.32. The van der Waals surface area contributed by atoms with Crippen LogP contribution in [0.4, 0.5) is 5.82 Å². The first-order chi connectivity index (χ1) is 12.2. The summed E-state index contributed by atoms with van der Waals surface area (Å²) in [6.07, 6.45) is 1.84. The van der Waals surface area contributed by atoms with E-state index in [9.17, 15) is 0 Å². The molecule has 1 aromatic carbocycles. The molecule has 0 atom stereocenters. The Morgan fingerprint density at radius 2 is 1.65 bits per heavy atom. The summed E-state index contributed by atoms with van der Waals surface area (Å²) in [6, 6.07) is 14.2. The quantitative estimate of drug-likeness (QED) is 0.621. The van der Waals surface area contributed by atoms with Crippen LogP contribution in [-0.2, 0) is 11.1 Å². The van der Waals surface area contributed by atoms with E-state index in [1.54, 1.807) is 7.11 Å². The van der Waals surface area contributed by atoms with Crippen LogP contribution in [0.2, 0.25) is 0 Å². The van der Waals surface area contributed by atoms with Crippen LogP contribution in [0.5, 0.6) is 5.75 Å². The van der Waals surface area contributed by atoms with Gasteiger partial charge in [0.25, 0.3) is 0 Å². The van der Waals surface area contributed by atoms with Crippen molar-refractivity contribution in [1.82, 2.24) is 9.88 Å². The van der Waals surface area contributed by atoms with Crippen molar-refractivity contribution in [3.63, 3.8) is 0 Å². The maximum Gasteiger partial charge on any atom is 0.466 e. The summed E-state index contributed by atoms with van der Waals surface area (Å²) < 4.78 is 14.1. The van der Waals surface area contributed by atoms with Gasteiger partial charge in [-0.25, -0.2) is 9.55 Å². The largest absolute Gasteiger partial charge is 0.497 e. The topological polar surface area (TPSA) is 106 Å². The first kappa shape index (κ1) is 22.1. The van der Waals surface area contributed by atoms with Gasteiger partial charge in [-0.2, -0.15) is 0 Å². The van der Waals surface area contributed by atoms with E-state index in [2.05, 4.69) is 47.1 Å². The van der Waals surface area contributed by atoms with Gasteiger partial charge in [-0.05, 0) is 43.9 Å². The molecule has 0 aliphatic rings. The average Bonchev–Trinajstić information content (AvgIpc) is 2.58. The Morgan fingerprint density at radius 1 is 1.04 bits per heavy atom. The zero-order valence-electron chi connectivity index (χ0n) is 15.2. The highest BCUT2D eigenvalue weighted by Crippen LogP contribution is 2.25. The van der Waals surface area contributed by atoms with Crippen molar-refractivity contribution < 1.29 is 24.0 Å². The number of rotatable bonds is 7. The lowest BCUT2D eigenvalue weighted by atomic mass is 10.2. The van der Waals surface area contributed by atoms with Gasteiger partial charge >= 0.3 is 7.82 Å². The van der Waals surface area contributed by atoms with Gasteiger partial charge in [0.05, 0.1) is 7.11 Å². The second kappa shape index (κ2) is 10.9. The van der Waals surface area contributed by atoms with Crippen LogP contribution in [0.1, 0.15) is 5.56 Å². The predicted molar refractivity (Wildman–Crippen MR) is 101 cm³/mol. The Kier molecular flexibility index (Phi) is 9.26. The lowest BCUT2D eigenvalue weighted by molar-refractivity contribution is 0.275. The van der Waals surface area contributed by atoms with Crippen molar-refractivity contribution in [3.8, 4) is 5.75 Å². The minimum atomic E-state index is -4.64. The summed E-state index contributed by atoms with van der Waals surface area (Å²) in [7, 11) is 1.22. The maximum absolute atomic E-state index is 8.88. The molecule has 3 N–H and O–H groups in total. The highest BCUT2D eigenvalue weighted by atomic mass is 31.2. The fourth-order valence-electron chi connectivity index (χ4n) is 2.09. The number of likely N-dealkylation sites (N-methyl/N-ethyl adjacent to an activating group) is 1. The van der Waals surface area contributed by atoms with Gasteiger partial charge < -0.3 is 29.2 Å². The SMILES string of the molecule is COc1ccc(CN(CCN(C)C)c2ccccn2)cc1.O=P(O)(O)O. The number of nitrogens with zero attached hydrogens (tertiary/aromatic N) is 3. The summed E-state index contributed by atoms with van der Waals surface area (Å²) in [4.78, 5) is 30.5. The molecule has 0 radical (unpaired) electrons. The number of anilines is 1. The van der Waals surface area contributed by atoms with Gasteiger partial charge in [0.1, 0.15) is 11.6 Å². The summed E-state index contributed by atoms with van der Waals surface area (Å²) in [5, 5.41) is 0. The van der Waals surface area contributed by atoms with Crippen LogP contribution in [-0.4, -0.2) is 58.9 Å². The Labute approximate surface area is 153 Å². The van der Waals surface area contributed by atoms with Crippen LogP contribution in [0.3, 0.4) is 0 Å². The monoisotopic (exact) mass is 383 g/mol. The van der Waals surface area contributed by atoms with Gasteiger partial charge in [-0.3, -0.25) is 0 Å². The van der Waals surface area contributed by atoms with Gasteiger partial charge in [0.2, 0.25) is 0 Å². The summed E-state index contributed by atoms with van der Waals surface area (Å²) in [5.74, 6) is 1.89. The lowest BCUT2D eigenvalue weighted by Gasteiger charge is -2.25. The number of phosphoric acid groups is 1. The fraction of sp³-hybridized carbons (Fsp3) is 0.353. The smallest absolute Gasteiger partial charge is 0.466 e. The summed E-state index contributed by atoms with van der Waals surface area (Å²) >= 11 is 0. The van der Waals surface area contributed by atoms with E-state index in [0.29, 0.717) is 0 Å². The molecule has 9 heteroatoms. The fourth-order valence-corrected chi connectivity index (χ4v) is 2.09. The molecule has 2 rings (SSSR count). The zero-order valence-corrected chi connectivity index (χ0v) is 16.1. The second-order valence-corrected chi connectivity index (χ2v) is 6.80.